The van der Waals surface area contributed by atoms with Crippen molar-refractivity contribution in [3.05, 3.63) is 60.0 Å². The van der Waals surface area contributed by atoms with Gasteiger partial charge in [-0.05, 0) is 31.2 Å². The van der Waals surface area contributed by atoms with Crippen molar-refractivity contribution in [2.45, 2.75) is 6.92 Å². The van der Waals surface area contributed by atoms with Crippen molar-refractivity contribution >= 4 is 23.1 Å². The van der Waals surface area contributed by atoms with E-state index < -0.39 is 0 Å². The van der Waals surface area contributed by atoms with Crippen LogP contribution in [0.15, 0.2) is 48.5 Å². The smallest absolute Gasteiger partial charge is 0.274 e. The molecule has 8 heteroatoms. The van der Waals surface area contributed by atoms with Crippen LogP contribution in [0.5, 0.6) is 17.2 Å². The van der Waals surface area contributed by atoms with Crippen molar-refractivity contribution < 1.29 is 19.0 Å². The van der Waals surface area contributed by atoms with Gasteiger partial charge in [-0.25, -0.2) is 9.97 Å². The highest BCUT2D eigenvalue weighted by Crippen LogP contribution is 2.30. The van der Waals surface area contributed by atoms with E-state index in [1.165, 1.54) is 7.11 Å². The van der Waals surface area contributed by atoms with Gasteiger partial charge in [0, 0.05) is 12.1 Å². The number of hydrogen-bond donors (Lipinski definition) is 2. The third kappa shape index (κ3) is 4.73. The monoisotopic (exact) mass is 394 g/mol. The molecular formula is C21H22N4O4. The van der Waals surface area contributed by atoms with Gasteiger partial charge in [0.25, 0.3) is 5.91 Å². The standard InChI is InChI=1S/C21H22N4O4/c1-13-22-17(12-20(23-13)24-15-7-5-6-8-18(15)28-3)21(26)25-16-10-9-14(27-2)11-19(16)29-4/h5-12H,1-4H3,(H,25,26)(H,22,23,24). The molecule has 0 spiro atoms. The third-order valence-corrected chi connectivity index (χ3v) is 4.10. The molecule has 1 amide bonds. The summed E-state index contributed by atoms with van der Waals surface area (Å²) >= 11 is 0. The Hall–Kier alpha value is -3.81. The van der Waals surface area contributed by atoms with Gasteiger partial charge in [0.15, 0.2) is 0 Å². The fourth-order valence-electron chi connectivity index (χ4n) is 2.72. The average Bonchev–Trinajstić information content (AvgIpc) is 2.74. The zero-order valence-corrected chi connectivity index (χ0v) is 16.6. The van der Waals surface area contributed by atoms with Crippen molar-refractivity contribution in [1.82, 2.24) is 9.97 Å². The van der Waals surface area contributed by atoms with Gasteiger partial charge >= 0.3 is 0 Å². The van der Waals surface area contributed by atoms with Gasteiger partial charge in [-0.2, -0.15) is 0 Å². The number of carbonyl (C=O) groups is 1. The summed E-state index contributed by atoms with van der Waals surface area (Å²) in [7, 11) is 4.67. The molecule has 8 nitrogen and oxygen atoms in total. The number of aromatic nitrogens is 2. The molecule has 3 rings (SSSR count). The molecule has 29 heavy (non-hydrogen) atoms. The van der Waals surface area contributed by atoms with Gasteiger partial charge in [-0.3, -0.25) is 4.79 Å². The van der Waals surface area contributed by atoms with E-state index in [4.69, 9.17) is 14.2 Å². The Morgan fingerprint density at radius 3 is 2.34 bits per heavy atom. The van der Waals surface area contributed by atoms with E-state index >= 15 is 0 Å². The fraction of sp³-hybridized carbons (Fsp3) is 0.190. The van der Waals surface area contributed by atoms with Crippen molar-refractivity contribution in [3.8, 4) is 17.2 Å². The first-order valence-corrected chi connectivity index (χ1v) is 8.83. The van der Waals surface area contributed by atoms with E-state index in [2.05, 4.69) is 20.6 Å². The number of amides is 1. The summed E-state index contributed by atoms with van der Waals surface area (Å²) in [6.45, 7) is 1.72. The molecule has 1 aromatic heterocycles. The minimum Gasteiger partial charge on any atom is -0.497 e. The molecule has 2 aromatic carbocycles. The van der Waals surface area contributed by atoms with Gasteiger partial charge in [-0.1, -0.05) is 12.1 Å². The van der Waals surface area contributed by atoms with Crippen LogP contribution in [-0.2, 0) is 0 Å². The summed E-state index contributed by atoms with van der Waals surface area (Å²) in [5.74, 6) is 2.32. The molecular weight excluding hydrogens is 372 g/mol. The second kappa shape index (κ2) is 8.92. The number of aryl methyl sites for hydroxylation is 1. The molecule has 0 fully saturated rings. The number of anilines is 3. The van der Waals surface area contributed by atoms with E-state index in [0.29, 0.717) is 34.6 Å². The molecule has 0 saturated heterocycles. The molecule has 0 bridgehead atoms. The first-order valence-electron chi connectivity index (χ1n) is 8.83. The number of ether oxygens (including phenoxy) is 3. The minimum atomic E-state index is -0.387. The summed E-state index contributed by atoms with van der Waals surface area (Å²) in [6, 6.07) is 14.1. The molecule has 0 atom stereocenters. The predicted octanol–water partition coefficient (Wildman–Crippen LogP) is 3.81. The van der Waals surface area contributed by atoms with E-state index in [1.807, 2.05) is 24.3 Å². The summed E-state index contributed by atoms with van der Waals surface area (Å²) in [5, 5.41) is 5.97. The molecule has 0 aliphatic carbocycles. The lowest BCUT2D eigenvalue weighted by Crippen LogP contribution is -2.16. The number of nitrogens with one attached hydrogen (secondary N) is 2. The average molecular weight is 394 g/mol. The van der Waals surface area contributed by atoms with Crippen LogP contribution >= 0.6 is 0 Å². The zero-order chi connectivity index (χ0) is 20.8. The number of benzene rings is 2. The maximum Gasteiger partial charge on any atom is 0.274 e. The number of rotatable bonds is 7. The van der Waals surface area contributed by atoms with Crippen LogP contribution < -0.4 is 24.8 Å². The second-order valence-electron chi connectivity index (χ2n) is 6.03. The lowest BCUT2D eigenvalue weighted by molar-refractivity contribution is 0.102. The number of para-hydroxylation sites is 2. The van der Waals surface area contributed by atoms with E-state index in [9.17, 15) is 4.79 Å². The normalized spacial score (nSPS) is 10.2. The Balaban J connectivity index is 1.85. The van der Waals surface area contributed by atoms with Gasteiger partial charge in [0.1, 0.15) is 34.6 Å². The Labute approximate surface area is 168 Å². The van der Waals surface area contributed by atoms with Crippen molar-refractivity contribution in [2.24, 2.45) is 0 Å². The summed E-state index contributed by atoms with van der Waals surface area (Å²) < 4.78 is 15.8. The topological polar surface area (TPSA) is 94.6 Å². The Morgan fingerprint density at radius 1 is 0.862 bits per heavy atom. The van der Waals surface area contributed by atoms with Crippen LogP contribution in [-0.4, -0.2) is 37.2 Å². The van der Waals surface area contributed by atoms with E-state index in [0.717, 1.165) is 5.69 Å². The highest BCUT2D eigenvalue weighted by atomic mass is 16.5. The molecule has 0 aliphatic heterocycles. The van der Waals surface area contributed by atoms with Crippen molar-refractivity contribution in [3.63, 3.8) is 0 Å². The van der Waals surface area contributed by atoms with Crippen LogP contribution in [0.2, 0.25) is 0 Å². The number of carbonyl (C=O) groups excluding carboxylic acids is 1. The highest BCUT2D eigenvalue weighted by Gasteiger charge is 2.15. The van der Waals surface area contributed by atoms with Crippen LogP contribution in [0.4, 0.5) is 17.2 Å². The quantitative estimate of drug-likeness (QED) is 0.629. The largest absolute Gasteiger partial charge is 0.497 e. The van der Waals surface area contributed by atoms with Crippen molar-refractivity contribution in [2.75, 3.05) is 32.0 Å². The molecule has 0 saturated carbocycles. The molecule has 2 N–H and O–H groups in total. The molecule has 0 radical (unpaired) electrons. The Morgan fingerprint density at radius 2 is 1.62 bits per heavy atom. The zero-order valence-electron chi connectivity index (χ0n) is 16.6. The molecule has 0 unspecified atom stereocenters. The molecule has 150 valence electrons. The van der Waals surface area contributed by atoms with Crippen LogP contribution in [0.3, 0.4) is 0 Å². The van der Waals surface area contributed by atoms with Gasteiger partial charge in [0.05, 0.1) is 32.7 Å². The van der Waals surface area contributed by atoms with E-state index in [-0.39, 0.29) is 11.6 Å². The Bertz CT molecular complexity index is 1020. The maximum atomic E-state index is 12.8. The Kier molecular flexibility index (Phi) is 6.13. The first-order chi connectivity index (χ1) is 14.0. The predicted molar refractivity (Wildman–Crippen MR) is 111 cm³/mol. The van der Waals surface area contributed by atoms with Crippen LogP contribution in [0.25, 0.3) is 0 Å². The molecule has 3 aromatic rings. The molecule has 0 aliphatic rings. The SMILES string of the molecule is COc1ccc(NC(=O)c2cc(Nc3ccccc3OC)nc(C)n2)c(OC)c1. The number of nitrogens with zero attached hydrogens (tertiary/aromatic N) is 2. The number of hydrogen-bond acceptors (Lipinski definition) is 7. The maximum absolute atomic E-state index is 12.8. The lowest BCUT2D eigenvalue weighted by atomic mass is 10.2. The lowest BCUT2D eigenvalue weighted by Gasteiger charge is -2.13. The number of methoxy groups -OCH3 is 3. The van der Waals surface area contributed by atoms with E-state index in [1.54, 1.807) is 45.4 Å². The molecule has 1 heterocycles. The van der Waals surface area contributed by atoms with Crippen molar-refractivity contribution in [1.29, 1.82) is 0 Å². The van der Waals surface area contributed by atoms with Gasteiger partial charge in [0.2, 0.25) is 0 Å². The fourth-order valence-corrected chi connectivity index (χ4v) is 2.72. The minimum absolute atomic E-state index is 0.216. The van der Waals surface area contributed by atoms with Crippen LogP contribution in [0, 0.1) is 6.92 Å². The van der Waals surface area contributed by atoms with Crippen LogP contribution in [0.1, 0.15) is 16.3 Å². The third-order valence-electron chi connectivity index (χ3n) is 4.10. The van der Waals surface area contributed by atoms with Gasteiger partial charge < -0.3 is 24.8 Å². The highest BCUT2D eigenvalue weighted by molar-refractivity contribution is 6.04. The summed E-state index contributed by atoms with van der Waals surface area (Å²) in [6.07, 6.45) is 0. The summed E-state index contributed by atoms with van der Waals surface area (Å²) in [4.78, 5) is 21.4. The second-order valence-corrected chi connectivity index (χ2v) is 6.03. The summed E-state index contributed by atoms with van der Waals surface area (Å²) in [5.41, 5.74) is 1.46. The first kappa shape index (κ1) is 19.9. The van der Waals surface area contributed by atoms with Gasteiger partial charge in [-0.15, -0.1) is 0 Å².